The first-order chi connectivity index (χ1) is 6.19. The van der Waals surface area contributed by atoms with Crippen molar-refractivity contribution in [1.82, 2.24) is 0 Å². The Morgan fingerprint density at radius 2 is 1.64 bits per heavy atom. The van der Waals surface area contributed by atoms with Gasteiger partial charge in [-0.1, -0.05) is 0 Å². The zero-order valence-electron chi connectivity index (χ0n) is 9.58. The van der Waals surface area contributed by atoms with Gasteiger partial charge in [0.15, 0.2) is 0 Å². The van der Waals surface area contributed by atoms with Crippen molar-refractivity contribution in [3.8, 4) is 0 Å². The molecule has 1 fully saturated rings. The summed E-state index contributed by atoms with van der Waals surface area (Å²) in [6, 6.07) is 0. The highest BCUT2D eigenvalue weighted by atomic mass is 16.6. The molecule has 1 heterocycles. The molecule has 0 aliphatic carbocycles. The van der Waals surface area contributed by atoms with E-state index in [1.807, 2.05) is 0 Å². The van der Waals surface area contributed by atoms with Crippen molar-refractivity contribution in [1.29, 1.82) is 0 Å². The number of nitrogens with zero attached hydrogens (tertiary/aromatic N) is 1. The van der Waals surface area contributed by atoms with Crippen LogP contribution >= 0.6 is 0 Å². The Labute approximate surface area is 85.7 Å². The van der Waals surface area contributed by atoms with Gasteiger partial charge in [-0.3, -0.25) is 0 Å². The largest absolute Gasteiger partial charge is 0.503 e. The number of piperidine rings is 1. The third kappa shape index (κ3) is 3.96. The van der Waals surface area contributed by atoms with Crippen molar-refractivity contribution in [3.05, 3.63) is 0 Å². The number of quaternary nitrogens is 1. The monoisotopic (exact) mass is 204 g/mol. The summed E-state index contributed by atoms with van der Waals surface area (Å²) in [5, 5.41) is 13.9. The zero-order valence-corrected chi connectivity index (χ0v) is 9.58. The summed E-state index contributed by atoms with van der Waals surface area (Å²) < 4.78 is 1.20. The molecule has 0 saturated carbocycles. The van der Waals surface area contributed by atoms with Crippen LogP contribution in [0, 0.1) is 0 Å². The van der Waals surface area contributed by atoms with Gasteiger partial charge < -0.3 is 14.7 Å². The van der Waals surface area contributed by atoms with Crippen LogP contribution in [0.3, 0.4) is 0 Å². The van der Waals surface area contributed by atoms with E-state index in [9.17, 15) is 0 Å². The Kier molecular flexibility index (Phi) is 4.39. The fourth-order valence-corrected chi connectivity index (χ4v) is 1.67. The first-order valence-corrected chi connectivity index (χ1v) is 4.94. The fourth-order valence-electron chi connectivity index (χ4n) is 1.67. The highest BCUT2D eigenvalue weighted by molar-refractivity contribution is 5.53. The van der Waals surface area contributed by atoms with E-state index >= 15 is 0 Å². The van der Waals surface area contributed by atoms with Crippen LogP contribution in [-0.4, -0.2) is 47.0 Å². The molecule has 0 unspecified atom stereocenters. The van der Waals surface area contributed by atoms with Gasteiger partial charge >= 0.3 is 6.16 Å². The Hall–Kier alpha value is -0.770. The van der Waals surface area contributed by atoms with Crippen molar-refractivity contribution >= 4 is 6.16 Å². The van der Waals surface area contributed by atoms with Crippen LogP contribution < -0.4 is 0 Å². The van der Waals surface area contributed by atoms with Crippen LogP contribution in [-0.2, 0) is 0 Å². The molecule has 84 valence electrons. The summed E-state index contributed by atoms with van der Waals surface area (Å²) >= 11 is 0. The number of carboxylic acid groups (broad SMARTS) is 2. The van der Waals surface area contributed by atoms with Gasteiger partial charge in [0, 0.05) is 6.42 Å². The van der Waals surface area contributed by atoms with E-state index in [2.05, 4.69) is 27.9 Å². The second-order valence-electron chi connectivity index (χ2n) is 4.96. The number of carbonyl (C=O) groups is 1. The van der Waals surface area contributed by atoms with Crippen LogP contribution in [0.1, 0.15) is 33.1 Å². The fraction of sp³-hybridized carbons (Fsp3) is 0.900. The van der Waals surface area contributed by atoms with Crippen LogP contribution in [0.5, 0.6) is 0 Å². The van der Waals surface area contributed by atoms with E-state index in [1.165, 1.54) is 30.3 Å². The van der Waals surface area contributed by atoms with Crippen molar-refractivity contribution < 1.29 is 19.5 Å². The standard InChI is InChI=1S/C9H20N.CH2O3/c1-9(2)7-5-6-8-10(9,3)4;2-1(3)4/h5-8H2,1-4H3;(H2,2,3,4)/q+1;. The SMILES string of the molecule is CC1(C)CCCC[N+]1(C)C.O=C(O)O. The van der Waals surface area contributed by atoms with Gasteiger partial charge in [-0.2, -0.15) is 0 Å². The molecule has 0 aromatic rings. The Bertz CT molecular complexity index is 180. The van der Waals surface area contributed by atoms with Crippen molar-refractivity contribution in [3.63, 3.8) is 0 Å². The topological polar surface area (TPSA) is 57.5 Å². The van der Waals surface area contributed by atoms with E-state index in [0.29, 0.717) is 5.54 Å². The molecule has 1 saturated heterocycles. The molecule has 0 amide bonds. The summed E-state index contributed by atoms with van der Waals surface area (Å²) in [6.45, 7) is 6.12. The van der Waals surface area contributed by atoms with Crippen LogP contribution in [0.25, 0.3) is 0 Å². The third-order valence-electron chi connectivity index (χ3n) is 3.39. The predicted molar refractivity (Wildman–Crippen MR) is 55.6 cm³/mol. The molecule has 0 aromatic carbocycles. The summed E-state index contributed by atoms with van der Waals surface area (Å²) in [7, 11) is 4.69. The quantitative estimate of drug-likeness (QED) is 0.595. The Balaban J connectivity index is 0.000000364. The van der Waals surface area contributed by atoms with Gasteiger partial charge in [-0.05, 0) is 26.7 Å². The lowest BCUT2D eigenvalue weighted by atomic mass is 9.89. The number of hydrogen-bond acceptors (Lipinski definition) is 1. The minimum atomic E-state index is -1.83. The van der Waals surface area contributed by atoms with Gasteiger partial charge in [0.05, 0.1) is 26.2 Å². The molecule has 1 rings (SSSR count). The molecule has 4 nitrogen and oxygen atoms in total. The summed E-state index contributed by atoms with van der Waals surface area (Å²) in [5.41, 5.74) is 0.512. The van der Waals surface area contributed by atoms with E-state index in [0.717, 1.165) is 0 Å². The summed E-state index contributed by atoms with van der Waals surface area (Å²) in [6.07, 6.45) is 2.39. The first kappa shape index (κ1) is 13.2. The first-order valence-electron chi connectivity index (χ1n) is 4.94. The molecule has 0 radical (unpaired) electrons. The van der Waals surface area contributed by atoms with Gasteiger partial charge in [-0.25, -0.2) is 4.79 Å². The van der Waals surface area contributed by atoms with E-state index in [4.69, 9.17) is 15.0 Å². The highest BCUT2D eigenvalue weighted by Gasteiger charge is 2.38. The Morgan fingerprint density at radius 1 is 1.21 bits per heavy atom. The highest BCUT2D eigenvalue weighted by Crippen LogP contribution is 2.30. The maximum atomic E-state index is 8.56. The molecule has 4 heteroatoms. The molecule has 0 spiro atoms. The lowest BCUT2D eigenvalue weighted by Gasteiger charge is -2.48. The van der Waals surface area contributed by atoms with E-state index in [-0.39, 0.29) is 0 Å². The van der Waals surface area contributed by atoms with Crippen LogP contribution in [0.2, 0.25) is 0 Å². The second-order valence-corrected chi connectivity index (χ2v) is 4.96. The molecule has 0 aromatic heterocycles. The van der Waals surface area contributed by atoms with Crippen molar-refractivity contribution in [2.75, 3.05) is 20.6 Å². The lowest BCUT2D eigenvalue weighted by Crippen LogP contribution is -2.58. The van der Waals surface area contributed by atoms with E-state index in [1.54, 1.807) is 0 Å². The predicted octanol–water partition coefficient (Wildman–Crippen LogP) is 2.25. The van der Waals surface area contributed by atoms with Gasteiger partial charge in [0.1, 0.15) is 0 Å². The lowest BCUT2D eigenvalue weighted by molar-refractivity contribution is -0.943. The minimum absolute atomic E-state index is 0.512. The molecule has 2 N–H and O–H groups in total. The maximum Gasteiger partial charge on any atom is 0.503 e. The number of rotatable bonds is 0. The van der Waals surface area contributed by atoms with Gasteiger partial charge in [0.25, 0.3) is 0 Å². The van der Waals surface area contributed by atoms with Crippen LogP contribution in [0.15, 0.2) is 0 Å². The number of likely N-dealkylation sites (tertiary alicyclic amines) is 1. The van der Waals surface area contributed by atoms with Crippen molar-refractivity contribution in [2.45, 2.75) is 38.6 Å². The molecular weight excluding hydrogens is 182 g/mol. The molecule has 1 aliphatic rings. The van der Waals surface area contributed by atoms with Crippen LogP contribution in [0.4, 0.5) is 4.79 Å². The third-order valence-corrected chi connectivity index (χ3v) is 3.39. The second kappa shape index (κ2) is 4.64. The number of hydrogen-bond donors (Lipinski definition) is 2. The zero-order chi connectivity index (χ0) is 11.4. The van der Waals surface area contributed by atoms with Gasteiger partial charge in [-0.15, -0.1) is 0 Å². The van der Waals surface area contributed by atoms with Gasteiger partial charge in [0.2, 0.25) is 0 Å². The Morgan fingerprint density at radius 3 is 1.86 bits per heavy atom. The maximum absolute atomic E-state index is 8.56. The average Bonchev–Trinajstić information content (AvgIpc) is 1.94. The van der Waals surface area contributed by atoms with Crippen molar-refractivity contribution in [2.24, 2.45) is 0 Å². The normalized spacial score (nSPS) is 23.1. The molecule has 1 aliphatic heterocycles. The van der Waals surface area contributed by atoms with E-state index < -0.39 is 6.16 Å². The molecule has 0 atom stereocenters. The molecule has 14 heavy (non-hydrogen) atoms. The minimum Gasteiger partial charge on any atom is -0.450 e. The summed E-state index contributed by atoms with van der Waals surface area (Å²) in [5.74, 6) is 0. The average molecular weight is 204 g/mol. The molecule has 0 bridgehead atoms. The smallest absolute Gasteiger partial charge is 0.450 e. The summed E-state index contributed by atoms with van der Waals surface area (Å²) in [4.78, 5) is 8.56. The molecular formula is C10H22NO3+.